The number of methoxy groups -OCH3 is 1. The van der Waals surface area contributed by atoms with Crippen LogP contribution < -0.4 is 10.6 Å². The van der Waals surface area contributed by atoms with Crippen molar-refractivity contribution in [3.63, 3.8) is 0 Å². The van der Waals surface area contributed by atoms with E-state index >= 15 is 0 Å². The Morgan fingerprint density at radius 2 is 2.32 bits per heavy atom. The molecule has 0 aromatic carbocycles. The average molecular weight is 269 g/mol. The van der Waals surface area contributed by atoms with Crippen molar-refractivity contribution < 1.29 is 9.53 Å². The molecular formula is C14H27N3O2. The molecule has 2 fully saturated rings. The van der Waals surface area contributed by atoms with E-state index in [2.05, 4.69) is 15.5 Å². The van der Waals surface area contributed by atoms with Gasteiger partial charge in [-0.2, -0.15) is 0 Å². The molecule has 0 aromatic heterocycles. The lowest BCUT2D eigenvalue weighted by Crippen LogP contribution is -2.49. The van der Waals surface area contributed by atoms with Crippen molar-refractivity contribution in [3.8, 4) is 0 Å². The number of nitrogens with one attached hydrogen (secondary N) is 2. The van der Waals surface area contributed by atoms with Crippen LogP contribution in [0, 0.1) is 0 Å². The summed E-state index contributed by atoms with van der Waals surface area (Å²) < 4.78 is 5.04. The number of nitrogens with zero attached hydrogens (tertiary/aromatic N) is 1. The fourth-order valence-corrected chi connectivity index (χ4v) is 3.34. The zero-order valence-corrected chi connectivity index (χ0v) is 12.2. The molecule has 2 heterocycles. The number of carbonyl (C=O) groups excluding carboxylic acids is 1. The van der Waals surface area contributed by atoms with E-state index in [0.717, 1.165) is 13.1 Å². The highest BCUT2D eigenvalue weighted by Crippen LogP contribution is 2.24. The summed E-state index contributed by atoms with van der Waals surface area (Å²) in [7, 11) is 1.66. The molecule has 0 aliphatic carbocycles. The minimum Gasteiger partial charge on any atom is -0.383 e. The molecule has 2 saturated heterocycles. The molecule has 3 unspecified atom stereocenters. The van der Waals surface area contributed by atoms with Gasteiger partial charge in [-0.3, -0.25) is 9.69 Å². The predicted molar refractivity (Wildman–Crippen MR) is 75.1 cm³/mol. The third-order valence-corrected chi connectivity index (χ3v) is 4.15. The lowest BCUT2D eigenvalue weighted by molar-refractivity contribution is -0.123. The summed E-state index contributed by atoms with van der Waals surface area (Å²) in [5, 5.41) is 6.56. The summed E-state index contributed by atoms with van der Waals surface area (Å²) in [6, 6.07) is 1.22. The zero-order valence-electron chi connectivity index (χ0n) is 12.2. The summed E-state index contributed by atoms with van der Waals surface area (Å²) in [5.74, 6) is 0.120. The van der Waals surface area contributed by atoms with Crippen molar-refractivity contribution in [2.45, 2.75) is 50.7 Å². The Hall–Kier alpha value is -0.650. The number of carbonyl (C=O) groups is 1. The van der Waals surface area contributed by atoms with Crippen LogP contribution in [0.5, 0.6) is 0 Å². The average Bonchev–Trinajstić information content (AvgIpc) is 2.98. The molecule has 0 spiro atoms. The van der Waals surface area contributed by atoms with Gasteiger partial charge in [0.1, 0.15) is 0 Å². The fraction of sp³-hybridized carbons (Fsp3) is 0.929. The summed E-state index contributed by atoms with van der Waals surface area (Å²) >= 11 is 0. The Morgan fingerprint density at radius 1 is 1.47 bits per heavy atom. The van der Waals surface area contributed by atoms with Gasteiger partial charge in [0, 0.05) is 25.2 Å². The van der Waals surface area contributed by atoms with Crippen LogP contribution in [0.15, 0.2) is 0 Å². The Kier molecular flexibility index (Phi) is 5.60. The van der Waals surface area contributed by atoms with Gasteiger partial charge >= 0.3 is 0 Å². The number of amides is 1. The third kappa shape index (κ3) is 4.16. The van der Waals surface area contributed by atoms with Gasteiger partial charge in [0.15, 0.2) is 0 Å². The molecule has 2 rings (SSSR count). The van der Waals surface area contributed by atoms with E-state index in [1.807, 2.05) is 6.92 Å². The second-order valence-electron chi connectivity index (χ2n) is 5.81. The summed E-state index contributed by atoms with van der Waals surface area (Å²) in [6.45, 7) is 5.25. The topological polar surface area (TPSA) is 53.6 Å². The van der Waals surface area contributed by atoms with E-state index in [0.29, 0.717) is 25.2 Å². The highest BCUT2D eigenvalue weighted by Gasteiger charge is 2.33. The number of hydrogen-bond acceptors (Lipinski definition) is 4. The molecule has 5 heteroatoms. The molecule has 0 bridgehead atoms. The SMILES string of the molecule is COCC(C)NC(=O)CN1CCCC1C1CCCN1. The van der Waals surface area contributed by atoms with Crippen LogP contribution in [-0.2, 0) is 9.53 Å². The molecule has 0 radical (unpaired) electrons. The van der Waals surface area contributed by atoms with Gasteiger partial charge < -0.3 is 15.4 Å². The molecule has 2 N–H and O–H groups in total. The van der Waals surface area contributed by atoms with Crippen LogP contribution in [0.3, 0.4) is 0 Å². The number of rotatable bonds is 6. The summed E-state index contributed by atoms with van der Waals surface area (Å²) in [6.07, 6.45) is 4.96. The lowest BCUT2D eigenvalue weighted by atomic mass is 10.0. The van der Waals surface area contributed by atoms with Crippen molar-refractivity contribution in [3.05, 3.63) is 0 Å². The third-order valence-electron chi connectivity index (χ3n) is 4.15. The summed E-state index contributed by atoms with van der Waals surface area (Å²) in [5.41, 5.74) is 0. The summed E-state index contributed by atoms with van der Waals surface area (Å²) in [4.78, 5) is 14.4. The van der Waals surface area contributed by atoms with Gasteiger partial charge in [-0.05, 0) is 45.7 Å². The first-order valence-electron chi connectivity index (χ1n) is 7.46. The fourth-order valence-electron chi connectivity index (χ4n) is 3.34. The quantitative estimate of drug-likeness (QED) is 0.731. The second kappa shape index (κ2) is 7.22. The Morgan fingerprint density at radius 3 is 3.00 bits per heavy atom. The van der Waals surface area contributed by atoms with Crippen molar-refractivity contribution in [2.75, 3.05) is 33.4 Å². The van der Waals surface area contributed by atoms with Gasteiger partial charge in [-0.1, -0.05) is 0 Å². The van der Waals surface area contributed by atoms with Crippen LogP contribution in [0.2, 0.25) is 0 Å². The molecule has 0 saturated carbocycles. The minimum atomic E-state index is 0.0863. The van der Waals surface area contributed by atoms with Crippen LogP contribution in [0.4, 0.5) is 0 Å². The monoisotopic (exact) mass is 269 g/mol. The van der Waals surface area contributed by atoms with Crippen LogP contribution in [-0.4, -0.2) is 62.3 Å². The normalized spacial score (nSPS) is 29.6. The van der Waals surface area contributed by atoms with E-state index in [-0.39, 0.29) is 11.9 Å². The number of ether oxygens (including phenoxy) is 1. The smallest absolute Gasteiger partial charge is 0.234 e. The van der Waals surface area contributed by atoms with Gasteiger partial charge in [0.2, 0.25) is 5.91 Å². The predicted octanol–water partition coefficient (Wildman–Crippen LogP) is 0.354. The maximum absolute atomic E-state index is 12.0. The number of hydrogen-bond donors (Lipinski definition) is 2. The van der Waals surface area contributed by atoms with Gasteiger partial charge in [-0.15, -0.1) is 0 Å². The lowest BCUT2D eigenvalue weighted by Gasteiger charge is -2.29. The Labute approximate surface area is 116 Å². The van der Waals surface area contributed by atoms with E-state index < -0.39 is 0 Å². The van der Waals surface area contributed by atoms with Crippen LogP contribution in [0.25, 0.3) is 0 Å². The first-order valence-corrected chi connectivity index (χ1v) is 7.46. The standard InChI is InChI=1S/C14H27N3O2/c1-11(10-19-2)16-14(18)9-17-8-4-6-13(17)12-5-3-7-15-12/h11-13,15H,3-10H2,1-2H3,(H,16,18). The van der Waals surface area contributed by atoms with Crippen LogP contribution >= 0.6 is 0 Å². The minimum absolute atomic E-state index is 0.0863. The number of likely N-dealkylation sites (tertiary alicyclic amines) is 1. The molecule has 5 nitrogen and oxygen atoms in total. The molecule has 19 heavy (non-hydrogen) atoms. The molecule has 2 aliphatic rings. The molecule has 0 aromatic rings. The first kappa shape index (κ1) is 14.8. The maximum atomic E-state index is 12.0. The van der Waals surface area contributed by atoms with E-state index in [9.17, 15) is 4.79 Å². The van der Waals surface area contributed by atoms with E-state index in [1.165, 1.54) is 25.7 Å². The van der Waals surface area contributed by atoms with E-state index in [1.54, 1.807) is 7.11 Å². The van der Waals surface area contributed by atoms with Crippen molar-refractivity contribution >= 4 is 5.91 Å². The first-order chi connectivity index (χ1) is 9.20. The van der Waals surface area contributed by atoms with Crippen molar-refractivity contribution in [1.82, 2.24) is 15.5 Å². The van der Waals surface area contributed by atoms with E-state index in [4.69, 9.17) is 4.74 Å². The molecule has 3 atom stereocenters. The molecule has 1 amide bonds. The largest absolute Gasteiger partial charge is 0.383 e. The van der Waals surface area contributed by atoms with Crippen molar-refractivity contribution in [2.24, 2.45) is 0 Å². The second-order valence-corrected chi connectivity index (χ2v) is 5.81. The Balaban J connectivity index is 1.78. The molecular weight excluding hydrogens is 242 g/mol. The van der Waals surface area contributed by atoms with Gasteiger partial charge in [0.25, 0.3) is 0 Å². The molecule has 2 aliphatic heterocycles. The highest BCUT2D eigenvalue weighted by atomic mass is 16.5. The zero-order chi connectivity index (χ0) is 13.7. The highest BCUT2D eigenvalue weighted by molar-refractivity contribution is 5.78. The maximum Gasteiger partial charge on any atom is 0.234 e. The van der Waals surface area contributed by atoms with Gasteiger partial charge in [-0.25, -0.2) is 0 Å². The Bertz CT molecular complexity index is 292. The van der Waals surface area contributed by atoms with Gasteiger partial charge in [0.05, 0.1) is 13.2 Å². The van der Waals surface area contributed by atoms with Crippen molar-refractivity contribution in [1.29, 1.82) is 0 Å². The van der Waals surface area contributed by atoms with Crippen LogP contribution in [0.1, 0.15) is 32.6 Å². The molecule has 110 valence electrons.